The Hall–Kier alpha value is -2.78. The zero-order chi connectivity index (χ0) is 36.7. The van der Waals surface area contributed by atoms with Crippen molar-refractivity contribution in [2.45, 2.75) is 141 Å². The van der Waals surface area contributed by atoms with Gasteiger partial charge < -0.3 is 26.2 Å². The first-order valence-corrected chi connectivity index (χ1v) is 20.3. The number of carbonyl (C=O) groups excluding carboxylic acids is 5. The quantitative estimate of drug-likeness (QED) is 0.196. The summed E-state index contributed by atoms with van der Waals surface area (Å²) in [6.45, 7) is 6.73. The first-order chi connectivity index (χ1) is 23.7. The monoisotopic (exact) mass is 724 g/mol. The number of hydrogen-bond donors (Lipinski definition) is 4. The van der Waals surface area contributed by atoms with E-state index in [0.29, 0.717) is 58.0 Å². The molecule has 2 aliphatic heterocycles. The van der Waals surface area contributed by atoms with Crippen LogP contribution < -0.4 is 21.3 Å². The summed E-state index contributed by atoms with van der Waals surface area (Å²) in [6.07, 6.45) is 10.7. The molecule has 50 heavy (non-hydrogen) atoms. The SMILES string of the molecule is CCCNC(=O)C(=O)[C@@H]1CCCCCCCCC[C@H](NC(=O)NC2(CS(=O)(=O)N(C)OC)CCCCC2)C(=O)N2C[C@H]3[C@@H]([C@H]2C(=O)N1)C3(C)C. The molecular weight excluding hydrogens is 664 g/mol. The predicted molar refractivity (Wildman–Crippen MR) is 188 cm³/mol. The van der Waals surface area contributed by atoms with E-state index in [1.165, 1.54) is 14.2 Å². The largest absolute Gasteiger partial charge is 0.349 e. The number of ketones is 1. The van der Waals surface area contributed by atoms with Crippen molar-refractivity contribution in [3.63, 3.8) is 0 Å². The third-order valence-corrected chi connectivity index (χ3v) is 13.4. The van der Waals surface area contributed by atoms with Gasteiger partial charge in [0.1, 0.15) is 12.1 Å². The third kappa shape index (κ3) is 9.55. The molecule has 15 heteroatoms. The van der Waals surface area contributed by atoms with E-state index in [2.05, 4.69) is 35.1 Å². The minimum Gasteiger partial charge on any atom is -0.349 e. The van der Waals surface area contributed by atoms with Gasteiger partial charge in [-0.25, -0.2) is 13.2 Å². The maximum Gasteiger partial charge on any atom is 0.315 e. The van der Waals surface area contributed by atoms with Crippen LogP contribution in [-0.2, 0) is 34.0 Å². The first-order valence-electron chi connectivity index (χ1n) is 18.7. The molecule has 0 radical (unpaired) electrons. The Morgan fingerprint density at radius 2 is 1.56 bits per heavy atom. The zero-order valence-corrected chi connectivity index (χ0v) is 31.5. The molecule has 0 aromatic rings. The Morgan fingerprint density at radius 3 is 2.18 bits per heavy atom. The van der Waals surface area contributed by atoms with Crippen LogP contribution in [-0.4, -0.2) is 104 Å². The van der Waals surface area contributed by atoms with Crippen LogP contribution >= 0.6 is 0 Å². The maximum atomic E-state index is 14.4. The van der Waals surface area contributed by atoms with E-state index in [1.807, 2.05) is 6.92 Å². The number of sulfonamides is 1. The lowest BCUT2D eigenvalue weighted by Gasteiger charge is -2.39. The molecule has 0 unspecified atom stereocenters. The minimum atomic E-state index is -3.85. The predicted octanol–water partition coefficient (Wildman–Crippen LogP) is 2.77. The van der Waals surface area contributed by atoms with Gasteiger partial charge in [0, 0.05) is 20.1 Å². The molecule has 14 nitrogen and oxygen atoms in total. The van der Waals surface area contributed by atoms with Crippen molar-refractivity contribution in [2.24, 2.45) is 17.3 Å². The summed E-state index contributed by atoms with van der Waals surface area (Å²) >= 11 is 0. The topological polar surface area (TPSA) is 183 Å². The van der Waals surface area contributed by atoms with Gasteiger partial charge in [-0.15, -0.1) is 0 Å². The Morgan fingerprint density at radius 1 is 0.960 bits per heavy atom. The smallest absolute Gasteiger partial charge is 0.315 e. The summed E-state index contributed by atoms with van der Waals surface area (Å²) in [5, 5.41) is 11.4. The molecule has 2 aliphatic carbocycles. The molecule has 2 saturated heterocycles. The second-order valence-electron chi connectivity index (χ2n) is 15.5. The number of rotatable bonds is 10. The van der Waals surface area contributed by atoms with Crippen LogP contribution in [0.3, 0.4) is 0 Å². The number of hydroxylamine groups is 1. The summed E-state index contributed by atoms with van der Waals surface area (Å²) in [4.78, 5) is 74.7. The van der Waals surface area contributed by atoms with Crippen molar-refractivity contribution in [3.05, 3.63) is 0 Å². The molecule has 4 fully saturated rings. The van der Waals surface area contributed by atoms with Gasteiger partial charge in [0.15, 0.2) is 0 Å². The molecule has 0 spiro atoms. The van der Waals surface area contributed by atoms with Crippen molar-refractivity contribution in [2.75, 3.05) is 33.0 Å². The Kier molecular flexibility index (Phi) is 13.7. The normalized spacial score (nSPS) is 28.9. The number of fused-ring (bicyclic) bond motifs is 3. The molecule has 5 amide bonds. The van der Waals surface area contributed by atoms with Gasteiger partial charge in [0.05, 0.1) is 24.4 Å². The van der Waals surface area contributed by atoms with Gasteiger partial charge in [-0.05, 0) is 49.4 Å². The Balaban J connectivity index is 1.57. The van der Waals surface area contributed by atoms with Gasteiger partial charge >= 0.3 is 6.03 Å². The van der Waals surface area contributed by atoms with E-state index >= 15 is 0 Å². The van der Waals surface area contributed by atoms with Gasteiger partial charge in [-0.3, -0.25) is 24.0 Å². The first kappa shape index (κ1) is 40.0. The van der Waals surface area contributed by atoms with Crippen LogP contribution in [0, 0.1) is 17.3 Å². The number of nitrogens with zero attached hydrogens (tertiary/aromatic N) is 2. The van der Waals surface area contributed by atoms with E-state index in [0.717, 1.165) is 55.8 Å². The van der Waals surface area contributed by atoms with E-state index in [-0.39, 0.29) is 28.9 Å². The molecule has 4 rings (SSSR count). The molecule has 284 valence electrons. The highest BCUT2D eigenvalue weighted by Crippen LogP contribution is 2.65. The highest BCUT2D eigenvalue weighted by atomic mass is 32.2. The lowest BCUT2D eigenvalue weighted by molar-refractivity contribution is -0.144. The average molecular weight is 725 g/mol. The molecule has 2 saturated carbocycles. The standard InChI is InChI=1S/C35H60N6O8S/c1-6-21-36-31(44)29(42)25-17-13-10-8-7-9-11-14-18-26(32(45)41-22-24-27(34(24,2)3)28(41)30(43)37-25)38-33(46)39-35(19-15-12-16-20-35)23-50(47,48)40(4)49-5/h24-28H,6-23H2,1-5H3,(H,36,44)(H,37,43)(H2,38,39,46)/t24-,25-,26-,27-,28-/m0/s1. The van der Waals surface area contributed by atoms with Crippen molar-refractivity contribution in [3.8, 4) is 0 Å². The summed E-state index contributed by atoms with van der Waals surface area (Å²) < 4.78 is 26.9. The van der Waals surface area contributed by atoms with Crippen LogP contribution in [0.5, 0.6) is 0 Å². The maximum absolute atomic E-state index is 14.4. The van der Waals surface area contributed by atoms with Crippen LogP contribution in [0.2, 0.25) is 0 Å². The number of urea groups is 1. The number of carbonyl (C=O) groups is 5. The lowest BCUT2D eigenvalue weighted by atomic mass is 9.83. The minimum absolute atomic E-state index is 0.0780. The average Bonchev–Trinajstić information content (AvgIpc) is 3.38. The van der Waals surface area contributed by atoms with Crippen LogP contribution in [0.15, 0.2) is 0 Å². The molecule has 0 aromatic carbocycles. The van der Waals surface area contributed by atoms with E-state index < -0.39 is 57.3 Å². The number of nitrogens with one attached hydrogen (secondary N) is 4. The van der Waals surface area contributed by atoms with Gasteiger partial charge in [0.25, 0.3) is 5.91 Å². The summed E-state index contributed by atoms with van der Waals surface area (Å²) in [5.41, 5.74) is -1.21. The van der Waals surface area contributed by atoms with E-state index in [1.54, 1.807) is 4.90 Å². The second kappa shape index (κ2) is 17.2. The van der Waals surface area contributed by atoms with Crippen LogP contribution in [0.1, 0.15) is 117 Å². The van der Waals surface area contributed by atoms with Gasteiger partial charge in [-0.1, -0.05) is 89.4 Å². The molecule has 5 atom stereocenters. The molecule has 0 bridgehead atoms. The van der Waals surface area contributed by atoms with Crippen molar-refractivity contribution >= 4 is 39.6 Å². The number of piperidine rings is 1. The molecule has 0 aromatic heterocycles. The number of hydrogen-bond acceptors (Lipinski definition) is 8. The highest BCUT2D eigenvalue weighted by Gasteiger charge is 2.69. The van der Waals surface area contributed by atoms with Crippen molar-refractivity contribution in [1.29, 1.82) is 0 Å². The fourth-order valence-corrected chi connectivity index (χ4v) is 9.85. The Bertz CT molecular complexity index is 1350. The molecule has 2 heterocycles. The lowest BCUT2D eigenvalue weighted by Crippen LogP contribution is -2.62. The van der Waals surface area contributed by atoms with E-state index in [9.17, 15) is 32.4 Å². The summed E-state index contributed by atoms with van der Waals surface area (Å²) in [6, 6.07) is -3.40. The Labute approximate surface area is 297 Å². The van der Waals surface area contributed by atoms with Crippen LogP contribution in [0.4, 0.5) is 4.79 Å². The molecule has 4 N–H and O–H groups in total. The van der Waals surface area contributed by atoms with Gasteiger partial charge in [0.2, 0.25) is 27.6 Å². The van der Waals surface area contributed by atoms with Crippen molar-refractivity contribution < 1.29 is 37.2 Å². The van der Waals surface area contributed by atoms with E-state index in [4.69, 9.17) is 4.84 Å². The fourth-order valence-electron chi connectivity index (χ4n) is 8.38. The molecular formula is C35H60N6O8S. The second-order valence-corrected chi connectivity index (χ2v) is 17.4. The summed E-state index contributed by atoms with van der Waals surface area (Å²) in [7, 11) is -1.26. The molecule has 4 aliphatic rings. The number of amides is 5. The zero-order valence-electron chi connectivity index (χ0n) is 30.7. The van der Waals surface area contributed by atoms with Crippen molar-refractivity contribution in [1.82, 2.24) is 30.6 Å². The summed E-state index contributed by atoms with van der Waals surface area (Å²) in [5.74, 6) is -2.61. The highest BCUT2D eigenvalue weighted by molar-refractivity contribution is 7.89. The van der Waals surface area contributed by atoms with Gasteiger partial charge in [-0.2, -0.15) is 0 Å². The third-order valence-electron chi connectivity index (χ3n) is 11.5. The fraction of sp³-hybridized carbons (Fsp3) is 0.857. The number of Topliss-reactive ketones (excluding diaryl/α,β-unsaturated/α-hetero) is 1. The van der Waals surface area contributed by atoms with Crippen LogP contribution in [0.25, 0.3) is 0 Å².